The van der Waals surface area contributed by atoms with Crippen LogP contribution in [-0.4, -0.2) is 34.5 Å². The first-order valence-electron chi connectivity index (χ1n) is 14.2. The molecule has 0 fully saturated rings. The van der Waals surface area contributed by atoms with Gasteiger partial charge in [0.25, 0.3) is 20.0 Å². The highest BCUT2D eigenvalue weighted by Gasteiger charge is 2.25. The van der Waals surface area contributed by atoms with Crippen molar-refractivity contribution in [2.45, 2.75) is 56.2 Å². The van der Waals surface area contributed by atoms with Gasteiger partial charge in [-0.1, -0.05) is 61.6 Å². The average molecular weight is 637 g/mol. The van der Waals surface area contributed by atoms with Gasteiger partial charge in [0.1, 0.15) is 11.5 Å². The third-order valence-corrected chi connectivity index (χ3v) is 10.2. The second-order valence-corrected chi connectivity index (χ2v) is 14.0. The first-order chi connectivity index (χ1) is 20.9. The zero-order chi connectivity index (χ0) is 31.9. The molecule has 0 atom stereocenters. The molecule has 44 heavy (non-hydrogen) atoms. The summed E-state index contributed by atoms with van der Waals surface area (Å²) in [5.74, 6) is -0.832. The van der Waals surface area contributed by atoms with Crippen LogP contribution in [0.4, 0.5) is 11.4 Å². The largest absolute Gasteiger partial charge is 0.478 e. The van der Waals surface area contributed by atoms with Crippen molar-refractivity contribution in [2.24, 2.45) is 0 Å². The second-order valence-electron chi connectivity index (χ2n) is 10.5. The second kappa shape index (κ2) is 14.0. The Morgan fingerprint density at radius 3 is 1.89 bits per heavy atom. The molecule has 0 amide bonds. The number of nitrogens with zero attached hydrogens (tertiary/aromatic N) is 1. The maximum absolute atomic E-state index is 13.6. The smallest absolute Gasteiger partial charge is 0.337 e. The fourth-order valence-corrected chi connectivity index (χ4v) is 7.08. The van der Waals surface area contributed by atoms with Crippen LogP contribution in [0.5, 0.6) is 11.5 Å². The zero-order valence-electron chi connectivity index (χ0n) is 24.9. The van der Waals surface area contributed by atoms with E-state index in [0.717, 1.165) is 30.4 Å². The predicted molar refractivity (Wildman–Crippen MR) is 172 cm³/mol. The highest BCUT2D eigenvalue weighted by atomic mass is 32.2. The Morgan fingerprint density at radius 1 is 0.750 bits per heavy atom. The molecule has 0 unspecified atom stereocenters. The third-order valence-electron chi connectivity index (χ3n) is 6.98. The lowest BCUT2D eigenvalue weighted by Gasteiger charge is -2.25. The lowest BCUT2D eigenvalue weighted by molar-refractivity contribution is 0.0697. The number of sulfonamides is 2. The number of carboxylic acid groups (broad SMARTS) is 1. The van der Waals surface area contributed by atoms with E-state index in [1.807, 2.05) is 13.8 Å². The molecule has 0 radical (unpaired) electrons. The molecule has 0 heterocycles. The van der Waals surface area contributed by atoms with Gasteiger partial charge in [-0.05, 0) is 87.0 Å². The van der Waals surface area contributed by atoms with Crippen molar-refractivity contribution in [1.82, 2.24) is 0 Å². The number of carboxylic acids is 1. The van der Waals surface area contributed by atoms with Crippen molar-refractivity contribution < 1.29 is 31.5 Å². The van der Waals surface area contributed by atoms with E-state index in [0.29, 0.717) is 24.4 Å². The van der Waals surface area contributed by atoms with E-state index in [2.05, 4.69) is 11.6 Å². The normalized spacial score (nSPS) is 11.6. The summed E-state index contributed by atoms with van der Waals surface area (Å²) in [7, 11) is -7.84. The zero-order valence-corrected chi connectivity index (χ0v) is 26.5. The van der Waals surface area contributed by atoms with Gasteiger partial charge in [-0.15, -0.1) is 0 Å². The molecule has 4 rings (SSSR count). The number of unbranched alkanes of at least 4 members (excludes halogenated alkanes) is 3. The number of aryl methyl sites for hydroxylation is 2. The maximum atomic E-state index is 13.6. The van der Waals surface area contributed by atoms with Crippen molar-refractivity contribution in [3.8, 4) is 11.5 Å². The van der Waals surface area contributed by atoms with E-state index in [1.165, 1.54) is 34.6 Å². The van der Waals surface area contributed by atoms with E-state index in [-0.39, 0.29) is 26.8 Å². The predicted octanol–water partition coefficient (Wildman–Crippen LogP) is 7.37. The van der Waals surface area contributed by atoms with E-state index in [1.54, 1.807) is 60.7 Å². The topological polar surface area (TPSA) is 130 Å². The number of aromatic carboxylic acids is 1. The van der Waals surface area contributed by atoms with Crippen LogP contribution in [-0.2, 0) is 20.0 Å². The number of anilines is 2. The minimum Gasteiger partial charge on any atom is -0.478 e. The summed E-state index contributed by atoms with van der Waals surface area (Å²) < 4.78 is 62.5. The lowest BCUT2D eigenvalue weighted by atomic mass is 10.1. The van der Waals surface area contributed by atoms with Gasteiger partial charge in [0, 0.05) is 6.54 Å². The Labute approximate surface area is 259 Å². The Morgan fingerprint density at radius 2 is 1.32 bits per heavy atom. The summed E-state index contributed by atoms with van der Waals surface area (Å²) in [6.45, 7) is 6.14. The molecule has 4 aromatic carbocycles. The molecule has 11 heteroatoms. The quantitative estimate of drug-likeness (QED) is 0.138. The van der Waals surface area contributed by atoms with Gasteiger partial charge in [0.15, 0.2) is 0 Å². The van der Waals surface area contributed by atoms with Gasteiger partial charge >= 0.3 is 5.97 Å². The molecule has 0 spiro atoms. The molecule has 0 aliphatic heterocycles. The van der Waals surface area contributed by atoms with Gasteiger partial charge in [-0.3, -0.25) is 9.03 Å². The number of carbonyl (C=O) groups is 1. The summed E-state index contributed by atoms with van der Waals surface area (Å²) in [5, 5.41) is 9.79. The molecule has 0 bridgehead atoms. The fourth-order valence-electron chi connectivity index (χ4n) is 4.50. The van der Waals surface area contributed by atoms with Crippen molar-refractivity contribution >= 4 is 37.4 Å². The standard InChI is InChI=1S/C33H36N2O7S2/c1-4-5-6-7-22-35(44(40,41)30-19-10-25(3)11-20-30)26-12-14-27(15-13-26)42-28-16-21-32(31(23-28)33(36)37)34-43(38,39)29-17-8-24(2)9-18-29/h8-21,23,34H,4-7,22H2,1-3H3,(H,36,37). The van der Waals surface area contributed by atoms with Crippen LogP contribution in [0.25, 0.3) is 0 Å². The molecule has 2 N–H and O–H groups in total. The Kier molecular flexibility index (Phi) is 10.3. The van der Waals surface area contributed by atoms with Gasteiger partial charge in [-0.25, -0.2) is 21.6 Å². The van der Waals surface area contributed by atoms with Crippen LogP contribution in [0.3, 0.4) is 0 Å². The van der Waals surface area contributed by atoms with Crippen LogP contribution in [0.2, 0.25) is 0 Å². The third kappa shape index (κ3) is 7.97. The van der Waals surface area contributed by atoms with Gasteiger partial charge in [0.2, 0.25) is 0 Å². The van der Waals surface area contributed by atoms with Crippen molar-refractivity contribution in [1.29, 1.82) is 0 Å². The number of nitrogens with one attached hydrogen (secondary N) is 1. The molecule has 0 aliphatic rings. The average Bonchev–Trinajstić information content (AvgIpc) is 2.98. The number of hydrogen-bond acceptors (Lipinski definition) is 6. The molecule has 232 valence electrons. The summed E-state index contributed by atoms with van der Waals surface area (Å²) >= 11 is 0. The number of benzene rings is 4. The number of rotatable bonds is 14. The molecule has 0 aliphatic carbocycles. The molecule has 4 aromatic rings. The minimum absolute atomic E-state index is 0.00338. The summed E-state index contributed by atoms with van der Waals surface area (Å²) in [5.41, 5.74) is 1.92. The molecular formula is C33H36N2O7S2. The van der Waals surface area contributed by atoms with Crippen LogP contribution in [0, 0.1) is 13.8 Å². The lowest BCUT2D eigenvalue weighted by Crippen LogP contribution is -2.32. The summed E-state index contributed by atoms with van der Waals surface area (Å²) in [6.07, 6.45) is 3.64. The maximum Gasteiger partial charge on any atom is 0.337 e. The summed E-state index contributed by atoms with van der Waals surface area (Å²) in [6, 6.07) is 23.4. The van der Waals surface area contributed by atoms with E-state index in [4.69, 9.17) is 4.74 Å². The SMILES string of the molecule is CCCCCCN(c1ccc(Oc2ccc(NS(=O)(=O)c3ccc(C)cc3)c(C(=O)O)c2)cc1)S(=O)(=O)c1ccc(C)cc1. The van der Waals surface area contributed by atoms with Gasteiger partial charge in [0.05, 0.1) is 26.7 Å². The minimum atomic E-state index is -4.02. The number of hydrogen-bond donors (Lipinski definition) is 2. The van der Waals surface area contributed by atoms with E-state index in [9.17, 15) is 26.7 Å². The highest BCUT2D eigenvalue weighted by molar-refractivity contribution is 7.93. The van der Waals surface area contributed by atoms with Crippen molar-refractivity contribution in [3.05, 3.63) is 108 Å². The van der Waals surface area contributed by atoms with Crippen molar-refractivity contribution in [2.75, 3.05) is 15.6 Å². The Bertz CT molecular complexity index is 1800. The van der Waals surface area contributed by atoms with E-state index >= 15 is 0 Å². The Balaban J connectivity index is 1.56. The van der Waals surface area contributed by atoms with Gasteiger partial charge in [-0.2, -0.15) is 0 Å². The fraction of sp³-hybridized carbons (Fsp3) is 0.242. The first kappa shape index (κ1) is 32.6. The Hall–Kier alpha value is -4.35. The van der Waals surface area contributed by atoms with E-state index < -0.39 is 26.0 Å². The van der Waals surface area contributed by atoms with Crippen LogP contribution in [0.1, 0.15) is 54.1 Å². The molecule has 0 aromatic heterocycles. The number of ether oxygens (including phenoxy) is 1. The first-order valence-corrected chi connectivity index (χ1v) is 17.2. The van der Waals surface area contributed by atoms with Crippen LogP contribution in [0.15, 0.2) is 101 Å². The van der Waals surface area contributed by atoms with Crippen LogP contribution >= 0.6 is 0 Å². The summed E-state index contributed by atoms with van der Waals surface area (Å²) in [4.78, 5) is 12.2. The molecule has 9 nitrogen and oxygen atoms in total. The molecular weight excluding hydrogens is 601 g/mol. The van der Waals surface area contributed by atoms with Gasteiger partial charge < -0.3 is 9.84 Å². The monoisotopic (exact) mass is 636 g/mol. The molecule has 0 saturated heterocycles. The van der Waals surface area contributed by atoms with Crippen LogP contribution < -0.4 is 13.8 Å². The highest BCUT2D eigenvalue weighted by Crippen LogP contribution is 2.31. The van der Waals surface area contributed by atoms with Crippen molar-refractivity contribution in [3.63, 3.8) is 0 Å². The molecule has 0 saturated carbocycles.